The standard InChI is InChI=1S/C15H21NO2/c1-11-4-3-8-16(9-7-11)14-6-5-13(15(17)18)10-12(14)2/h5-6,10-11H,3-4,7-9H2,1-2H3,(H,17,18). The third kappa shape index (κ3) is 2.84. The molecule has 1 heterocycles. The molecule has 1 aromatic carbocycles. The van der Waals surface area contributed by atoms with Gasteiger partial charge in [-0.15, -0.1) is 0 Å². The number of carbonyl (C=O) groups is 1. The van der Waals surface area contributed by atoms with Crippen LogP contribution < -0.4 is 4.90 Å². The molecule has 0 aromatic heterocycles. The Hall–Kier alpha value is -1.51. The second-order valence-electron chi connectivity index (χ2n) is 5.33. The van der Waals surface area contributed by atoms with Crippen LogP contribution in [0.25, 0.3) is 0 Å². The van der Waals surface area contributed by atoms with Crippen molar-refractivity contribution in [2.45, 2.75) is 33.1 Å². The van der Waals surface area contributed by atoms with Gasteiger partial charge in [0.1, 0.15) is 0 Å². The molecule has 1 atom stereocenters. The van der Waals surface area contributed by atoms with Gasteiger partial charge < -0.3 is 10.0 Å². The Morgan fingerprint density at radius 3 is 2.78 bits per heavy atom. The van der Waals surface area contributed by atoms with Crippen LogP contribution in [0.15, 0.2) is 18.2 Å². The molecule has 18 heavy (non-hydrogen) atoms. The maximum Gasteiger partial charge on any atom is 0.335 e. The van der Waals surface area contributed by atoms with E-state index in [2.05, 4.69) is 11.8 Å². The van der Waals surface area contributed by atoms with E-state index in [1.807, 2.05) is 13.0 Å². The Morgan fingerprint density at radius 1 is 1.33 bits per heavy atom. The molecule has 1 fully saturated rings. The zero-order chi connectivity index (χ0) is 13.1. The highest BCUT2D eigenvalue weighted by Crippen LogP contribution is 2.26. The zero-order valence-electron chi connectivity index (χ0n) is 11.1. The van der Waals surface area contributed by atoms with Crippen LogP contribution in [0.5, 0.6) is 0 Å². The van der Waals surface area contributed by atoms with E-state index in [0.717, 1.165) is 24.6 Å². The minimum atomic E-state index is -0.853. The third-order valence-corrected chi connectivity index (χ3v) is 3.80. The highest BCUT2D eigenvalue weighted by Gasteiger charge is 2.16. The van der Waals surface area contributed by atoms with E-state index in [-0.39, 0.29) is 0 Å². The first kappa shape index (κ1) is 12.9. The first-order valence-electron chi connectivity index (χ1n) is 6.67. The van der Waals surface area contributed by atoms with Crippen LogP contribution in [0.2, 0.25) is 0 Å². The Balaban J connectivity index is 2.20. The maximum atomic E-state index is 10.9. The predicted octanol–water partition coefficient (Wildman–Crippen LogP) is 3.32. The average Bonchev–Trinajstić information content (AvgIpc) is 2.54. The molecular weight excluding hydrogens is 226 g/mol. The van der Waals surface area contributed by atoms with Crippen LogP contribution >= 0.6 is 0 Å². The Bertz CT molecular complexity index is 442. The minimum Gasteiger partial charge on any atom is -0.478 e. The van der Waals surface area contributed by atoms with Crippen molar-refractivity contribution in [1.82, 2.24) is 0 Å². The number of carboxylic acids is 1. The fourth-order valence-electron chi connectivity index (χ4n) is 2.65. The molecular formula is C15H21NO2. The molecule has 98 valence electrons. The molecule has 3 heteroatoms. The van der Waals surface area contributed by atoms with Gasteiger partial charge in [-0.2, -0.15) is 0 Å². The molecule has 1 unspecified atom stereocenters. The number of anilines is 1. The van der Waals surface area contributed by atoms with Gasteiger partial charge in [-0.1, -0.05) is 6.92 Å². The number of hydrogen-bond acceptors (Lipinski definition) is 2. The van der Waals surface area contributed by atoms with Crippen molar-refractivity contribution in [3.05, 3.63) is 29.3 Å². The molecule has 1 aliphatic heterocycles. The van der Waals surface area contributed by atoms with Crippen LogP contribution in [-0.2, 0) is 0 Å². The first-order chi connectivity index (χ1) is 8.58. The Labute approximate surface area is 108 Å². The predicted molar refractivity (Wildman–Crippen MR) is 73.4 cm³/mol. The lowest BCUT2D eigenvalue weighted by Gasteiger charge is -2.25. The number of carboxylic acid groups (broad SMARTS) is 1. The van der Waals surface area contributed by atoms with E-state index < -0.39 is 5.97 Å². The third-order valence-electron chi connectivity index (χ3n) is 3.80. The lowest BCUT2D eigenvalue weighted by atomic mass is 10.0. The molecule has 3 nitrogen and oxygen atoms in total. The topological polar surface area (TPSA) is 40.5 Å². The molecule has 0 bridgehead atoms. The number of aryl methyl sites for hydroxylation is 1. The lowest BCUT2D eigenvalue weighted by molar-refractivity contribution is 0.0697. The van der Waals surface area contributed by atoms with Crippen molar-refractivity contribution in [1.29, 1.82) is 0 Å². The maximum absolute atomic E-state index is 10.9. The van der Waals surface area contributed by atoms with E-state index in [0.29, 0.717) is 5.56 Å². The van der Waals surface area contributed by atoms with Gasteiger partial charge in [0.15, 0.2) is 0 Å². The number of rotatable bonds is 2. The van der Waals surface area contributed by atoms with Crippen LogP contribution in [0.1, 0.15) is 42.1 Å². The largest absolute Gasteiger partial charge is 0.478 e. The van der Waals surface area contributed by atoms with Crippen molar-refractivity contribution in [2.24, 2.45) is 5.92 Å². The van der Waals surface area contributed by atoms with Crippen molar-refractivity contribution in [3.8, 4) is 0 Å². The van der Waals surface area contributed by atoms with E-state index in [9.17, 15) is 4.79 Å². The summed E-state index contributed by atoms with van der Waals surface area (Å²) in [4.78, 5) is 13.3. The molecule has 1 N–H and O–H groups in total. The van der Waals surface area contributed by atoms with Crippen molar-refractivity contribution < 1.29 is 9.90 Å². The lowest BCUT2D eigenvalue weighted by Crippen LogP contribution is -2.25. The van der Waals surface area contributed by atoms with Gasteiger partial charge in [0, 0.05) is 18.8 Å². The van der Waals surface area contributed by atoms with Gasteiger partial charge >= 0.3 is 5.97 Å². The Morgan fingerprint density at radius 2 is 2.11 bits per heavy atom. The van der Waals surface area contributed by atoms with Crippen LogP contribution in [0.3, 0.4) is 0 Å². The summed E-state index contributed by atoms with van der Waals surface area (Å²) in [6, 6.07) is 5.43. The van der Waals surface area contributed by atoms with Crippen LogP contribution in [0.4, 0.5) is 5.69 Å². The molecule has 1 aliphatic rings. The van der Waals surface area contributed by atoms with Gasteiger partial charge in [-0.25, -0.2) is 4.79 Å². The number of nitrogens with zero attached hydrogens (tertiary/aromatic N) is 1. The highest BCUT2D eigenvalue weighted by molar-refractivity contribution is 5.88. The first-order valence-corrected chi connectivity index (χ1v) is 6.67. The summed E-state index contributed by atoms with van der Waals surface area (Å²) < 4.78 is 0. The summed E-state index contributed by atoms with van der Waals surface area (Å²) in [5, 5.41) is 8.98. The van der Waals surface area contributed by atoms with E-state index in [1.54, 1.807) is 12.1 Å². The number of hydrogen-bond donors (Lipinski definition) is 1. The second kappa shape index (κ2) is 5.42. The molecule has 0 amide bonds. The average molecular weight is 247 g/mol. The molecule has 2 rings (SSSR count). The molecule has 1 aromatic rings. The number of benzene rings is 1. The van der Waals surface area contributed by atoms with Gasteiger partial charge in [-0.05, 0) is 55.9 Å². The molecule has 1 saturated heterocycles. The summed E-state index contributed by atoms with van der Waals surface area (Å²) >= 11 is 0. The summed E-state index contributed by atoms with van der Waals surface area (Å²) in [6.45, 7) is 6.46. The van der Waals surface area contributed by atoms with Crippen LogP contribution in [0, 0.1) is 12.8 Å². The van der Waals surface area contributed by atoms with Crippen LogP contribution in [-0.4, -0.2) is 24.2 Å². The van der Waals surface area contributed by atoms with Crippen molar-refractivity contribution in [2.75, 3.05) is 18.0 Å². The fourth-order valence-corrected chi connectivity index (χ4v) is 2.65. The highest BCUT2D eigenvalue weighted by atomic mass is 16.4. The normalized spacial score (nSPS) is 20.6. The Kier molecular flexibility index (Phi) is 3.90. The SMILES string of the molecule is Cc1cc(C(=O)O)ccc1N1CCCC(C)CC1. The summed E-state index contributed by atoms with van der Waals surface area (Å²) in [5.74, 6) is -0.0530. The summed E-state index contributed by atoms with van der Waals surface area (Å²) in [7, 11) is 0. The quantitative estimate of drug-likeness (QED) is 0.871. The van der Waals surface area contributed by atoms with Gasteiger partial charge in [0.2, 0.25) is 0 Å². The van der Waals surface area contributed by atoms with E-state index >= 15 is 0 Å². The zero-order valence-corrected chi connectivity index (χ0v) is 11.1. The van der Waals surface area contributed by atoms with Gasteiger partial charge in [0.05, 0.1) is 5.56 Å². The molecule has 0 spiro atoms. The number of aromatic carboxylic acids is 1. The van der Waals surface area contributed by atoms with Gasteiger partial charge in [0.25, 0.3) is 0 Å². The van der Waals surface area contributed by atoms with Gasteiger partial charge in [-0.3, -0.25) is 0 Å². The molecule has 0 radical (unpaired) electrons. The molecule has 0 saturated carbocycles. The summed E-state index contributed by atoms with van der Waals surface area (Å²) in [5.41, 5.74) is 2.62. The smallest absolute Gasteiger partial charge is 0.335 e. The minimum absolute atomic E-state index is 0.374. The van der Waals surface area contributed by atoms with Crippen molar-refractivity contribution in [3.63, 3.8) is 0 Å². The monoisotopic (exact) mass is 247 g/mol. The van der Waals surface area contributed by atoms with E-state index in [1.165, 1.54) is 24.9 Å². The van der Waals surface area contributed by atoms with E-state index in [4.69, 9.17) is 5.11 Å². The van der Waals surface area contributed by atoms with Crippen molar-refractivity contribution >= 4 is 11.7 Å². The fraction of sp³-hybridized carbons (Fsp3) is 0.533. The summed E-state index contributed by atoms with van der Waals surface area (Å²) in [6.07, 6.45) is 3.74. The second-order valence-corrected chi connectivity index (χ2v) is 5.33. The molecule has 0 aliphatic carbocycles.